The Balaban J connectivity index is 2.48. The van der Waals surface area contributed by atoms with Gasteiger partial charge in [0.05, 0.1) is 0 Å². The highest BCUT2D eigenvalue weighted by atomic mass is 16.5. The topological polar surface area (TPSA) is 58.6 Å². The summed E-state index contributed by atoms with van der Waals surface area (Å²) in [6.45, 7) is 5.45. The molecule has 0 aliphatic carbocycles. The predicted molar refractivity (Wildman–Crippen MR) is 70.7 cm³/mol. The van der Waals surface area contributed by atoms with Crippen molar-refractivity contribution < 1.29 is 14.6 Å². The van der Waals surface area contributed by atoms with Gasteiger partial charge in [0.25, 0.3) is 5.91 Å². The summed E-state index contributed by atoms with van der Waals surface area (Å²) in [5.41, 5.74) is 0.554. The van der Waals surface area contributed by atoms with Crippen molar-refractivity contribution in [2.75, 3.05) is 20.3 Å². The molecule has 4 nitrogen and oxygen atoms in total. The van der Waals surface area contributed by atoms with Crippen LogP contribution in [-0.2, 0) is 4.74 Å². The average molecular weight is 251 g/mol. The zero-order chi connectivity index (χ0) is 13.6. The fourth-order valence-electron chi connectivity index (χ4n) is 1.50. The van der Waals surface area contributed by atoms with Crippen molar-refractivity contribution in [3.63, 3.8) is 0 Å². The van der Waals surface area contributed by atoms with E-state index >= 15 is 0 Å². The third kappa shape index (κ3) is 4.75. The van der Waals surface area contributed by atoms with Crippen LogP contribution in [0.4, 0.5) is 0 Å². The number of hydrogen-bond acceptors (Lipinski definition) is 3. The second kappa shape index (κ2) is 6.40. The summed E-state index contributed by atoms with van der Waals surface area (Å²) >= 11 is 0. The summed E-state index contributed by atoms with van der Waals surface area (Å²) < 4.78 is 5.04. The lowest BCUT2D eigenvalue weighted by Crippen LogP contribution is -2.34. The number of carbonyl (C=O) groups is 1. The molecule has 2 N–H and O–H groups in total. The van der Waals surface area contributed by atoms with Gasteiger partial charge in [-0.15, -0.1) is 0 Å². The van der Waals surface area contributed by atoms with E-state index < -0.39 is 0 Å². The summed E-state index contributed by atoms with van der Waals surface area (Å²) in [4.78, 5) is 11.9. The lowest BCUT2D eigenvalue weighted by atomic mass is 9.89. The van der Waals surface area contributed by atoms with Gasteiger partial charge >= 0.3 is 0 Å². The first-order chi connectivity index (χ1) is 8.44. The van der Waals surface area contributed by atoms with Crippen LogP contribution < -0.4 is 5.32 Å². The molecule has 18 heavy (non-hydrogen) atoms. The van der Waals surface area contributed by atoms with Crippen molar-refractivity contribution in [3.05, 3.63) is 29.8 Å². The Morgan fingerprint density at radius 1 is 1.33 bits per heavy atom. The summed E-state index contributed by atoms with van der Waals surface area (Å²) in [6, 6.07) is 6.22. The van der Waals surface area contributed by atoms with Crippen LogP contribution in [-0.4, -0.2) is 31.3 Å². The van der Waals surface area contributed by atoms with E-state index in [1.807, 2.05) is 0 Å². The molecule has 1 aromatic carbocycles. The Morgan fingerprint density at radius 3 is 2.50 bits per heavy atom. The van der Waals surface area contributed by atoms with Gasteiger partial charge < -0.3 is 15.2 Å². The molecule has 0 fully saturated rings. The monoisotopic (exact) mass is 251 g/mol. The summed E-state index contributed by atoms with van der Waals surface area (Å²) in [5, 5.41) is 12.0. The zero-order valence-corrected chi connectivity index (χ0v) is 11.2. The number of methoxy groups -OCH3 is 1. The van der Waals surface area contributed by atoms with Crippen LogP contribution in [0.25, 0.3) is 0 Å². The maximum atomic E-state index is 11.9. The molecule has 0 bridgehead atoms. The number of benzene rings is 1. The van der Waals surface area contributed by atoms with Crippen molar-refractivity contribution in [1.29, 1.82) is 0 Å². The average Bonchev–Trinajstić information content (AvgIpc) is 2.35. The number of rotatable bonds is 6. The van der Waals surface area contributed by atoms with Crippen LogP contribution in [0.5, 0.6) is 5.75 Å². The van der Waals surface area contributed by atoms with Gasteiger partial charge in [0.15, 0.2) is 0 Å². The molecule has 1 amide bonds. The minimum Gasteiger partial charge on any atom is -0.508 e. The summed E-state index contributed by atoms with van der Waals surface area (Å²) in [5.74, 6) is 0.0347. The molecule has 1 rings (SSSR count). The predicted octanol–water partition coefficient (Wildman–Crippen LogP) is 2.18. The first-order valence-corrected chi connectivity index (χ1v) is 6.01. The lowest BCUT2D eigenvalue weighted by molar-refractivity contribution is 0.0921. The molecule has 4 heteroatoms. The van der Waals surface area contributed by atoms with Gasteiger partial charge in [0.1, 0.15) is 5.75 Å². The molecule has 0 aliphatic heterocycles. The first kappa shape index (κ1) is 14.5. The maximum absolute atomic E-state index is 11.9. The Labute approximate surface area is 108 Å². The van der Waals surface area contributed by atoms with Crippen LogP contribution in [0.3, 0.4) is 0 Å². The lowest BCUT2D eigenvalue weighted by Gasteiger charge is -2.24. The molecular weight excluding hydrogens is 230 g/mol. The number of aromatic hydroxyl groups is 1. The molecule has 0 saturated carbocycles. The molecule has 0 aromatic heterocycles. The van der Waals surface area contributed by atoms with Crippen molar-refractivity contribution in [2.45, 2.75) is 20.3 Å². The molecule has 0 saturated heterocycles. The van der Waals surface area contributed by atoms with Gasteiger partial charge in [-0.2, -0.15) is 0 Å². The Kier molecular flexibility index (Phi) is 5.16. The molecule has 0 heterocycles. The van der Waals surface area contributed by atoms with Crippen molar-refractivity contribution in [2.24, 2.45) is 5.41 Å². The minimum atomic E-state index is -0.125. The molecule has 100 valence electrons. The minimum absolute atomic E-state index is 0.00257. The number of carbonyl (C=O) groups excluding carboxylic acids is 1. The van der Waals surface area contributed by atoms with Gasteiger partial charge in [0.2, 0.25) is 0 Å². The number of hydrogen-bond donors (Lipinski definition) is 2. The van der Waals surface area contributed by atoms with E-state index in [2.05, 4.69) is 19.2 Å². The third-order valence-corrected chi connectivity index (χ3v) is 2.84. The fraction of sp³-hybridized carbons (Fsp3) is 0.500. The fourth-order valence-corrected chi connectivity index (χ4v) is 1.50. The molecule has 0 unspecified atom stereocenters. The van der Waals surface area contributed by atoms with Gasteiger partial charge in [-0.05, 0) is 36.1 Å². The molecule has 0 spiro atoms. The largest absolute Gasteiger partial charge is 0.508 e. The number of nitrogens with one attached hydrogen (secondary N) is 1. The Morgan fingerprint density at radius 2 is 1.94 bits per heavy atom. The normalized spacial score (nSPS) is 11.3. The first-order valence-electron chi connectivity index (χ1n) is 6.01. The van der Waals surface area contributed by atoms with E-state index in [4.69, 9.17) is 9.84 Å². The van der Waals surface area contributed by atoms with Crippen LogP contribution in [0.1, 0.15) is 30.6 Å². The number of ether oxygens (including phenoxy) is 1. The molecule has 0 atom stereocenters. The second-order valence-corrected chi connectivity index (χ2v) is 5.14. The Hall–Kier alpha value is -1.55. The van der Waals surface area contributed by atoms with Crippen LogP contribution >= 0.6 is 0 Å². The summed E-state index contributed by atoms with van der Waals surface area (Å²) in [7, 11) is 1.67. The van der Waals surface area contributed by atoms with Gasteiger partial charge in [-0.1, -0.05) is 13.8 Å². The van der Waals surface area contributed by atoms with Crippen molar-refractivity contribution in [3.8, 4) is 5.75 Å². The number of amides is 1. The van der Waals surface area contributed by atoms with Crippen molar-refractivity contribution >= 4 is 5.91 Å². The van der Waals surface area contributed by atoms with Crippen molar-refractivity contribution in [1.82, 2.24) is 5.32 Å². The number of phenols is 1. The van der Waals surface area contributed by atoms with E-state index in [1.165, 1.54) is 12.1 Å². The highest BCUT2D eigenvalue weighted by Crippen LogP contribution is 2.19. The Bertz CT molecular complexity index is 385. The van der Waals surface area contributed by atoms with Crippen LogP contribution in [0.2, 0.25) is 0 Å². The standard InChI is InChI=1S/C14H21NO3/c1-14(2,8-9-18-3)10-15-13(17)11-4-6-12(16)7-5-11/h4-7,16H,8-10H2,1-3H3,(H,15,17). The quantitative estimate of drug-likeness (QED) is 0.814. The van der Waals surface area contributed by atoms with Crippen LogP contribution in [0, 0.1) is 5.41 Å². The highest BCUT2D eigenvalue weighted by Gasteiger charge is 2.18. The van der Waals surface area contributed by atoms with Crippen LogP contribution in [0.15, 0.2) is 24.3 Å². The SMILES string of the molecule is COCCC(C)(C)CNC(=O)c1ccc(O)cc1. The van der Waals surface area contributed by atoms with E-state index in [1.54, 1.807) is 19.2 Å². The van der Waals surface area contributed by atoms with E-state index in [-0.39, 0.29) is 17.1 Å². The van der Waals surface area contributed by atoms with E-state index in [9.17, 15) is 4.79 Å². The number of phenolic OH excluding ortho intramolecular Hbond substituents is 1. The summed E-state index contributed by atoms with van der Waals surface area (Å²) in [6.07, 6.45) is 0.888. The van der Waals surface area contributed by atoms with Gasteiger partial charge in [-0.25, -0.2) is 0 Å². The van der Waals surface area contributed by atoms with Gasteiger partial charge in [-0.3, -0.25) is 4.79 Å². The highest BCUT2D eigenvalue weighted by molar-refractivity contribution is 5.94. The molecule has 1 aromatic rings. The van der Waals surface area contributed by atoms with Gasteiger partial charge in [0, 0.05) is 25.8 Å². The molecular formula is C14H21NO3. The maximum Gasteiger partial charge on any atom is 0.251 e. The van der Waals surface area contributed by atoms with E-state index in [0.717, 1.165) is 6.42 Å². The second-order valence-electron chi connectivity index (χ2n) is 5.14. The zero-order valence-electron chi connectivity index (χ0n) is 11.2. The molecule has 0 aliphatic rings. The molecule has 0 radical (unpaired) electrons. The van der Waals surface area contributed by atoms with E-state index in [0.29, 0.717) is 18.7 Å². The third-order valence-electron chi connectivity index (χ3n) is 2.84. The smallest absolute Gasteiger partial charge is 0.251 e.